The Bertz CT molecular complexity index is 1850. The van der Waals surface area contributed by atoms with Crippen LogP contribution in [0, 0.1) is 0 Å². The Morgan fingerprint density at radius 3 is 2.50 bits per heavy atom. The smallest absolute Gasteiger partial charge is 0.0827 e. The van der Waals surface area contributed by atoms with Crippen molar-refractivity contribution in [2.24, 2.45) is 0 Å². The van der Waals surface area contributed by atoms with Crippen molar-refractivity contribution in [1.82, 2.24) is 25.1 Å². The lowest BCUT2D eigenvalue weighted by molar-refractivity contribution is 1.09. The van der Waals surface area contributed by atoms with Gasteiger partial charge in [-0.05, 0) is 47.5 Å². The standard InChI is InChI=1S/C32H24N6/c1-2-4-22(5-3-1)27-17-28-30(13-15-34-31(28)25-19-36-37-20-25)38-32(27)23-8-6-21(7-9-23)18-35-26-10-11-29-24(16-26)12-14-33-29/h1-17,19-20,33,35H,18H2,(H,36,37). The van der Waals surface area contributed by atoms with Crippen LogP contribution < -0.4 is 5.32 Å². The molecular weight excluding hydrogens is 468 g/mol. The Morgan fingerprint density at radius 1 is 0.763 bits per heavy atom. The third-order valence-corrected chi connectivity index (χ3v) is 6.88. The number of hydrogen-bond donors (Lipinski definition) is 3. The van der Waals surface area contributed by atoms with Gasteiger partial charge < -0.3 is 10.3 Å². The van der Waals surface area contributed by atoms with Gasteiger partial charge in [-0.1, -0.05) is 54.6 Å². The maximum Gasteiger partial charge on any atom is 0.0827 e. The molecule has 7 aromatic rings. The summed E-state index contributed by atoms with van der Waals surface area (Å²) in [6.07, 6.45) is 7.43. The zero-order valence-electron chi connectivity index (χ0n) is 20.5. The van der Waals surface area contributed by atoms with Crippen LogP contribution in [-0.4, -0.2) is 25.1 Å². The van der Waals surface area contributed by atoms with Gasteiger partial charge in [-0.15, -0.1) is 0 Å². The first-order valence-electron chi connectivity index (χ1n) is 12.6. The summed E-state index contributed by atoms with van der Waals surface area (Å²) in [6, 6.07) is 31.7. The Kier molecular flexibility index (Phi) is 5.40. The van der Waals surface area contributed by atoms with Crippen molar-refractivity contribution in [3.05, 3.63) is 121 Å². The van der Waals surface area contributed by atoms with Gasteiger partial charge in [0.15, 0.2) is 0 Å². The van der Waals surface area contributed by atoms with Gasteiger partial charge in [-0.2, -0.15) is 5.10 Å². The number of nitrogens with one attached hydrogen (secondary N) is 3. The number of pyridine rings is 2. The number of rotatable bonds is 6. The number of fused-ring (bicyclic) bond motifs is 2. The zero-order valence-corrected chi connectivity index (χ0v) is 20.5. The number of hydrogen-bond acceptors (Lipinski definition) is 4. The van der Waals surface area contributed by atoms with Crippen LogP contribution in [0.15, 0.2) is 116 Å². The largest absolute Gasteiger partial charge is 0.381 e. The first kappa shape index (κ1) is 22.0. The van der Waals surface area contributed by atoms with Crippen molar-refractivity contribution in [2.75, 3.05) is 5.32 Å². The lowest BCUT2D eigenvalue weighted by atomic mass is 9.96. The molecule has 0 atom stereocenters. The van der Waals surface area contributed by atoms with Crippen LogP contribution in [0.25, 0.3) is 55.4 Å². The van der Waals surface area contributed by atoms with Crippen molar-refractivity contribution < 1.29 is 0 Å². The minimum absolute atomic E-state index is 0.743. The topological polar surface area (TPSA) is 82.3 Å². The van der Waals surface area contributed by atoms with Crippen molar-refractivity contribution in [3.63, 3.8) is 0 Å². The molecule has 7 rings (SSSR count). The molecule has 0 saturated heterocycles. The predicted molar refractivity (Wildman–Crippen MR) is 154 cm³/mol. The molecule has 6 heteroatoms. The third-order valence-electron chi connectivity index (χ3n) is 6.88. The number of benzene rings is 3. The third kappa shape index (κ3) is 4.08. The summed E-state index contributed by atoms with van der Waals surface area (Å²) in [5.41, 5.74) is 10.4. The molecule has 0 aliphatic rings. The highest BCUT2D eigenvalue weighted by atomic mass is 15.1. The number of aromatic nitrogens is 5. The molecule has 38 heavy (non-hydrogen) atoms. The monoisotopic (exact) mass is 492 g/mol. The summed E-state index contributed by atoms with van der Waals surface area (Å²) < 4.78 is 0. The molecule has 0 aliphatic carbocycles. The molecule has 3 aromatic carbocycles. The van der Waals surface area contributed by atoms with Crippen molar-refractivity contribution in [1.29, 1.82) is 0 Å². The lowest BCUT2D eigenvalue weighted by Crippen LogP contribution is -1.99. The molecule has 182 valence electrons. The summed E-state index contributed by atoms with van der Waals surface area (Å²) in [7, 11) is 0. The van der Waals surface area contributed by atoms with E-state index in [4.69, 9.17) is 4.98 Å². The lowest BCUT2D eigenvalue weighted by Gasteiger charge is -2.14. The van der Waals surface area contributed by atoms with Crippen LogP contribution in [0.1, 0.15) is 5.56 Å². The number of aromatic amines is 2. The van der Waals surface area contributed by atoms with E-state index >= 15 is 0 Å². The van der Waals surface area contributed by atoms with E-state index in [0.717, 1.165) is 62.3 Å². The van der Waals surface area contributed by atoms with Gasteiger partial charge in [0.05, 0.1) is 23.1 Å². The molecule has 3 N–H and O–H groups in total. The average molecular weight is 493 g/mol. The second-order valence-electron chi connectivity index (χ2n) is 9.29. The van der Waals surface area contributed by atoms with Gasteiger partial charge >= 0.3 is 0 Å². The molecule has 0 bridgehead atoms. The van der Waals surface area contributed by atoms with E-state index in [0.29, 0.717) is 0 Å². The molecular formula is C32H24N6. The van der Waals surface area contributed by atoms with Gasteiger partial charge in [0, 0.05) is 63.8 Å². The molecule has 0 saturated carbocycles. The first-order chi connectivity index (χ1) is 18.8. The van der Waals surface area contributed by atoms with E-state index in [-0.39, 0.29) is 0 Å². The Hall–Kier alpha value is -5.23. The second kappa shape index (κ2) is 9.33. The Balaban J connectivity index is 1.25. The van der Waals surface area contributed by atoms with Crippen LogP contribution in [0.3, 0.4) is 0 Å². The van der Waals surface area contributed by atoms with Gasteiger partial charge in [0.1, 0.15) is 0 Å². The minimum Gasteiger partial charge on any atom is -0.381 e. The van der Waals surface area contributed by atoms with Gasteiger partial charge in [-0.3, -0.25) is 10.1 Å². The van der Waals surface area contributed by atoms with E-state index < -0.39 is 0 Å². The van der Waals surface area contributed by atoms with Gasteiger partial charge in [0.2, 0.25) is 0 Å². The maximum absolute atomic E-state index is 5.15. The normalized spacial score (nSPS) is 11.3. The second-order valence-corrected chi connectivity index (χ2v) is 9.29. The van der Waals surface area contributed by atoms with Gasteiger partial charge in [0.25, 0.3) is 0 Å². The van der Waals surface area contributed by atoms with Crippen LogP contribution in [0.5, 0.6) is 0 Å². The van der Waals surface area contributed by atoms with Crippen LogP contribution in [-0.2, 0) is 6.54 Å². The molecule has 0 radical (unpaired) electrons. The van der Waals surface area contributed by atoms with Gasteiger partial charge in [-0.25, -0.2) is 4.98 Å². The molecule has 0 fully saturated rings. The van der Waals surface area contributed by atoms with Crippen molar-refractivity contribution in [2.45, 2.75) is 6.54 Å². The number of nitrogens with zero attached hydrogens (tertiary/aromatic N) is 3. The highest BCUT2D eigenvalue weighted by Crippen LogP contribution is 2.36. The summed E-state index contributed by atoms with van der Waals surface area (Å²) in [6.45, 7) is 0.743. The summed E-state index contributed by atoms with van der Waals surface area (Å²) in [4.78, 5) is 13.0. The van der Waals surface area contributed by atoms with Crippen LogP contribution in [0.2, 0.25) is 0 Å². The fraction of sp³-hybridized carbons (Fsp3) is 0.0312. The van der Waals surface area contributed by atoms with E-state index in [1.807, 2.05) is 30.7 Å². The van der Waals surface area contributed by atoms with Crippen LogP contribution in [0.4, 0.5) is 5.69 Å². The fourth-order valence-electron chi connectivity index (χ4n) is 4.91. The Labute approximate surface area is 219 Å². The average Bonchev–Trinajstić information content (AvgIpc) is 3.68. The Morgan fingerprint density at radius 2 is 1.66 bits per heavy atom. The van der Waals surface area contributed by atoms with E-state index in [9.17, 15) is 0 Å². The van der Waals surface area contributed by atoms with E-state index in [1.165, 1.54) is 10.9 Å². The van der Waals surface area contributed by atoms with Crippen molar-refractivity contribution >= 4 is 27.5 Å². The fourth-order valence-corrected chi connectivity index (χ4v) is 4.91. The quantitative estimate of drug-likeness (QED) is 0.225. The zero-order chi connectivity index (χ0) is 25.3. The summed E-state index contributed by atoms with van der Waals surface area (Å²) in [5.74, 6) is 0. The molecule has 0 spiro atoms. The summed E-state index contributed by atoms with van der Waals surface area (Å²) >= 11 is 0. The molecule has 4 heterocycles. The molecule has 0 aliphatic heterocycles. The highest BCUT2D eigenvalue weighted by molar-refractivity contribution is 5.98. The highest BCUT2D eigenvalue weighted by Gasteiger charge is 2.15. The molecule has 4 aromatic heterocycles. The SMILES string of the molecule is c1ccc(-c2cc3c(-c4cn[nH]c4)nccc3nc2-c2ccc(CNc3ccc4[nH]ccc4c3)cc2)cc1. The minimum atomic E-state index is 0.743. The number of anilines is 1. The van der Waals surface area contributed by atoms with Crippen molar-refractivity contribution in [3.8, 4) is 33.6 Å². The summed E-state index contributed by atoms with van der Waals surface area (Å²) in [5, 5.41) is 12.7. The van der Waals surface area contributed by atoms with Crippen LogP contribution >= 0.6 is 0 Å². The number of H-pyrrole nitrogens is 2. The molecule has 0 amide bonds. The van der Waals surface area contributed by atoms with E-state index in [2.05, 4.69) is 104 Å². The predicted octanol–water partition coefficient (Wildman–Crippen LogP) is 7.45. The molecule has 0 unspecified atom stereocenters. The molecule has 6 nitrogen and oxygen atoms in total. The van der Waals surface area contributed by atoms with E-state index in [1.54, 1.807) is 6.20 Å². The maximum atomic E-state index is 5.15. The first-order valence-corrected chi connectivity index (χ1v) is 12.6.